The lowest BCUT2D eigenvalue weighted by atomic mass is 10.2. The van der Waals surface area contributed by atoms with E-state index in [1.165, 1.54) is 40.6 Å². The summed E-state index contributed by atoms with van der Waals surface area (Å²) in [5.41, 5.74) is 0. The summed E-state index contributed by atoms with van der Waals surface area (Å²) < 4.78 is 0. The van der Waals surface area contributed by atoms with E-state index in [0.29, 0.717) is 6.04 Å². The molecular formula is C18H24N4OS2. The molecule has 2 fully saturated rings. The lowest BCUT2D eigenvalue weighted by Gasteiger charge is -2.22. The molecule has 0 spiro atoms. The van der Waals surface area contributed by atoms with Crippen LogP contribution in [0.2, 0.25) is 0 Å². The summed E-state index contributed by atoms with van der Waals surface area (Å²) >= 11 is 3.47. The fraction of sp³-hybridized carbons (Fsp3) is 0.556. The van der Waals surface area contributed by atoms with Gasteiger partial charge in [-0.2, -0.15) is 0 Å². The average Bonchev–Trinajstić information content (AvgIpc) is 3.38. The molecule has 25 heavy (non-hydrogen) atoms. The summed E-state index contributed by atoms with van der Waals surface area (Å²) in [5, 5.41) is 3.89. The molecule has 134 valence electrons. The first-order valence-electron chi connectivity index (χ1n) is 9.00. The van der Waals surface area contributed by atoms with Gasteiger partial charge in [0.15, 0.2) is 5.13 Å². The lowest BCUT2D eigenvalue weighted by Crippen LogP contribution is -2.21. The number of carbonyl (C=O) groups excluding carboxylic acids is 1. The van der Waals surface area contributed by atoms with Gasteiger partial charge in [0.05, 0.1) is 4.88 Å². The number of likely N-dealkylation sites (tertiary alicyclic amines) is 1. The molecule has 4 rings (SSSR count). The number of aromatic nitrogens is 1. The summed E-state index contributed by atoms with van der Waals surface area (Å²) in [6.07, 6.45) is 7.02. The van der Waals surface area contributed by atoms with Crippen LogP contribution in [0.4, 0.5) is 5.13 Å². The Hall–Kier alpha value is -1.44. The van der Waals surface area contributed by atoms with Crippen LogP contribution in [0.3, 0.4) is 0 Å². The number of nitrogens with zero attached hydrogens (tertiary/aromatic N) is 3. The Morgan fingerprint density at radius 3 is 2.88 bits per heavy atom. The van der Waals surface area contributed by atoms with Gasteiger partial charge in [0.2, 0.25) is 0 Å². The van der Waals surface area contributed by atoms with Crippen molar-refractivity contribution in [3.05, 3.63) is 33.0 Å². The van der Waals surface area contributed by atoms with Crippen LogP contribution < -0.4 is 10.2 Å². The second-order valence-electron chi connectivity index (χ2n) is 6.71. The Morgan fingerprint density at radius 2 is 2.08 bits per heavy atom. The van der Waals surface area contributed by atoms with Crippen molar-refractivity contribution in [2.24, 2.45) is 0 Å². The van der Waals surface area contributed by atoms with E-state index in [1.807, 2.05) is 17.4 Å². The van der Waals surface area contributed by atoms with E-state index in [9.17, 15) is 4.79 Å². The first-order valence-corrected chi connectivity index (χ1v) is 10.6. The molecule has 2 aromatic rings. The maximum absolute atomic E-state index is 11.8. The quantitative estimate of drug-likeness (QED) is 0.868. The predicted octanol–water partition coefficient (Wildman–Crippen LogP) is 3.50. The van der Waals surface area contributed by atoms with Crippen LogP contribution in [-0.2, 0) is 6.54 Å². The zero-order valence-electron chi connectivity index (χ0n) is 14.5. The number of hydrogen-bond donors (Lipinski definition) is 1. The number of nitrogens with one attached hydrogen (secondary N) is 1. The van der Waals surface area contributed by atoms with Gasteiger partial charge < -0.3 is 10.2 Å². The number of rotatable bonds is 5. The zero-order valence-corrected chi connectivity index (χ0v) is 16.2. The number of thiophene rings is 1. The SMILES string of the molecule is CNC(=O)c1ccc([C@@H]2CCCN2Cc2cnc(N3CCCC3)s2)s1. The molecule has 0 aromatic carbocycles. The Morgan fingerprint density at radius 1 is 1.24 bits per heavy atom. The molecule has 1 N–H and O–H groups in total. The molecule has 5 nitrogen and oxygen atoms in total. The Labute approximate surface area is 156 Å². The van der Waals surface area contributed by atoms with Crippen molar-refractivity contribution in [3.8, 4) is 0 Å². The highest BCUT2D eigenvalue weighted by molar-refractivity contribution is 7.15. The van der Waals surface area contributed by atoms with Crippen molar-refractivity contribution in [1.82, 2.24) is 15.2 Å². The minimum Gasteiger partial charge on any atom is -0.354 e. The third kappa shape index (κ3) is 3.59. The molecule has 0 radical (unpaired) electrons. The largest absolute Gasteiger partial charge is 0.354 e. The molecule has 2 aliphatic heterocycles. The molecule has 1 amide bonds. The molecule has 0 aliphatic carbocycles. The van der Waals surface area contributed by atoms with Gasteiger partial charge in [-0.3, -0.25) is 9.69 Å². The second kappa shape index (κ2) is 7.43. The fourth-order valence-electron chi connectivity index (χ4n) is 3.74. The van der Waals surface area contributed by atoms with Crippen LogP contribution in [0.25, 0.3) is 0 Å². The van der Waals surface area contributed by atoms with Gasteiger partial charge in [-0.1, -0.05) is 0 Å². The van der Waals surface area contributed by atoms with E-state index in [1.54, 1.807) is 18.4 Å². The van der Waals surface area contributed by atoms with Gasteiger partial charge >= 0.3 is 0 Å². The lowest BCUT2D eigenvalue weighted by molar-refractivity contribution is 0.0967. The standard InChI is InChI=1S/C18H24N4OS2/c1-19-17(23)16-7-6-15(25-16)14-5-4-10-22(14)12-13-11-20-18(24-13)21-8-2-3-9-21/h6-7,11,14H,2-5,8-10,12H2,1H3,(H,19,23)/t14-/m0/s1. The van der Waals surface area contributed by atoms with Crippen LogP contribution in [0, 0.1) is 0 Å². The van der Waals surface area contributed by atoms with Crippen molar-refractivity contribution < 1.29 is 4.79 Å². The van der Waals surface area contributed by atoms with Crippen LogP contribution in [-0.4, -0.2) is 42.5 Å². The van der Waals surface area contributed by atoms with Crippen LogP contribution >= 0.6 is 22.7 Å². The Bertz CT molecular complexity index is 735. The van der Waals surface area contributed by atoms with Crippen molar-refractivity contribution in [2.45, 2.75) is 38.3 Å². The van der Waals surface area contributed by atoms with Gasteiger partial charge in [0.25, 0.3) is 5.91 Å². The molecule has 4 heterocycles. The third-order valence-corrected chi connectivity index (χ3v) is 7.27. The van der Waals surface area contributed by atoms with Crippen molar-refractivity contribution in [3.63, 3.8) is 0 Å². The van der Waals surface area contributed by atoms with E-state index in [0.717, 1.165) is 31.1 Å². The molecule has 1 atom stereocenters. The third-order valence-electron chi connectivity index (χ3n) is 5.05. The van der Waals surface area contributed by atoms with Crippen LogP contribution in [0.5, 0.6) is 0 Å². The highest BCUT2D eigenvalue weighted by Gasteiger charge is 2.28. The Balaban J connectivity index is 1.44. The van der Waals surface area contributed by atoms with E-state index in [2.05, 4.69) is 32.4 Å². The van der Waals surface area contributed by atoms with E-state index >= 15 is 0 Å². The number of thiazole rings is 1. The normalized spacial score (nSPS) is 21.2. The number of anilines is 1. The van der Waals surface area contributed by atoms with Crippen molar-refractivity contribution in [2.75, 3.05) is 31.6 Å². The molecular weight excluding hydrogens is 352 g/mol. The summed E-state index contributed by atoms with van der Waals surface area (Å²) in [5.74, 6) is 0.0125. The zero-order chi connectivity index (χ0) is 17.2. The van der Waals surface area contributed by atoms with E-state index in [4.69, 9.17) is 0 Å². The van der Waals surface area contributed by atoms with Crippen molar-refractivity contribution >= 4 is 33.7 Å². The summed E-state index contributed by atoms with van der Waals surface area (Å²) in [4.78, 5) is 24.9. The van der Waals surface area contributed by atoms with Gasteiger partial charge in [0, 0.05) is 48.7 Å². The summed E-state index contributed by atoms with van der Waals surface area (Å²) in [6.45, 7) is 4.38. The minimum absolute atomic E-state index is 0.0125. The number of amides is 1. The van der Waals surface area contributed by atoms with Crippen LogP contribution in [0.15, 0.2) is 18.3 Å². The summed E-state index contributed by atoms with van der Waals surface area (Å²) in [6, 6.07) is 4.51. The maximum Gasteiger partial charge on any atom is 0.261 e. The first-order chi connectivity index (χ1) is 12.2. The van der Waals surface area contributed by atoms with Gasteiger partial charge in [0.1, 0.15) is 0 Å². The molecule has 2 aliphatic rings. The molecule has 2 saturated heterocycles. The number of carbonyl (C=O) groups is 1. The maximum atomic E-state index is 11.8. The minimum atomic E-state index is 0.0125. The van der Waals surface area contributed by atoms with E-state index in [-0.39, 0.29) is 5.91 Å². The van der Waals surface area contributed by atoms with Gasteiger partial charge in [-0.25, -0.2) is 4.98 Å². The molecule has 0 bridgehead atoms. The summed E-state index contributed by atoms with van der Waals surface area (Å²) in [7, 11) is 1.69. The molecule has 2 aromatic heterocycles. The van der Waals surface area contributed by atoms with Crippen molar-refractivity contribution in [1.29, 1.82) is 0 Å². The smallest absolute Gasteiger partial charge is 0.261 e. The second-order valence-corrected chi connectivity index (χ2v) is 8.92. The van der Waals surface area contributed by atoms with Gasteiger partial charge in [-0.05, 0) is 44.4 Å². The molecule has 0 saturated carbocycles. The highest BCUT2D eigenvalue weighted by atomic mass is 32.1. The number of hydrogen-bond acceptors (Lipinski definition) is 6. The Kier molecular flexibility index (Phi) is 5.05. The molecule has 7 heteroatoms. The topological polar surface area (TPSA) is 48.5 Å². The highest BCUT2D eigenvalue weighted by Crippen LogP contribution is 2.38. The van der Waals surface area contributed by atoms with E-state index < -0.39 is 0 Å². The van der Waals surface area contributed by atoms with Gasteiger partial charge in [-0.15, -0.1) is 22.7 Å². The monoisotopic (exact) mass is 376 g/mol. The predicted molar refractivity (Wildman–Crippen MR) is 104 cm³/mol. The average molecular weight is 377 g/mol. The van der Waals surface area contributed by atoms with Crippen LogP contribution in [0.1, 0.15) is 51.2 Å². The molecule has 0 unspecified atom stereocenters. The first kappa shape index (κ1) is 17.0. The fourth-order valence-corrected chi connectivity index (χ4v) is 5.85.